The minimum atomic E-state index is -0.206. The summed E-state index contributed by atoms with van der Waals surface area (Å²) in [6, 6.07) is 6.42. The number of fused-ring (bicyclic) bond motifs is 1. The van der Waals surface area contributed by atoms with Crippen LogP contribution in [0.1, 0.15) is 70.4 Å². The predicted octanol–water partition coefficient (Wildman–Crippen LogP) is 4.82. The first-order valence-corrected chi connectivity index (χ1v) is 8.79. The number of methoxy groups -OCH3 is 1. The molecule has 2 rings (SSSR count). The summed E-state index contributed by atoms with van der Waals surface area (Å²) < 4.78 is 5.15. The first-order chi connectivity index (χ1) is 10.8. The second-order valence-corrected chi connectivity index (χ2v) is 7.53. The van der Waals surface area contributed by atoms with Gasteiger partial charge in [-0.1, -0.05) is 38.8 Å². The third-order valence-corrected chi connectivity index (χ3v) is 5.05. The first kappa shape index (κ1) is 17.8. The number of rotatable bonds is 5. The zero-order chi connectivity index (χ0) is 17.2. The molecule has 1 heterocycles. The maximum absolute atomic E-state index is 12.5. The van der Waals surface area contributed by atoms with Crippen molar-refractivity contribution in [3.8, 4) is 0 Å². The zero-order valence-corrected chi connectivity index (χ0v) is 15.5. The van der Waals surface area contributed by atoms with E-state index >= 15 is 0 Å². The van der Waals surface area contributed by atoms with Crippen LogP contribution in [0.25, 0.3) is 0 Å². The van der Waals surface area contributed by atoms with Crippen molar-refractivity contribution in [3.63, 3.8) is 0 Å². The fourth-order valence-corrected chi connectivity index (χ4v) is 4.04. The number of ether oxygens (including phenoxy) is 1. The third-order valence-electron chi connectivity index (χ3n) is 5.05. The molecule has 128 valence electrons. The Kier molecular flexibility index (Phi) is 5.38. The van der Waals surface area contributed by atoms with Gasteiger partial charge in [-0.15, -0.1) is 0 Å². The van der Waals surface area contributed by atoms with Crippen molar-refractivity contribution in [1.82, 2.24) is 0 Å². The number of unbranched alkanes of at least 4 members (excludes halogenated alkanes) is 1. The Bertz CT molecular complexity index is 565. The number of carbonyl (C=O) groups is 1. The molecule has 0 N–H and O–H groups in total. The minimum absolute atomic E-state index is 0.0627. The highest BCUT2D eigenvalue weighted by atomic mass is 16.5. The molecule has 0 aliphatic carbocycles. The van der Waals surface area contributed by atoms with E-state index in [1.165, 1.54) is 23.9 Å². The lowest BCUT2D eigenvalue weighted by atomic mass is 9.78. The molecule has 2 atom stereocenters. The van der Waals surface area contributed by atoms with Gasteiger partial charge in [-0.2, -0.15) is 0 Å². The second kappa shape index (κ2) is 6.94. The molecule has 0 bridgehead atoms. The molecule has 0 aromatic heterocycles. The zero-order valence-electron chi connectivity index (χ0n) is 15.5. The molecule has 0 fully saturated rings. The largest absolute Gasteiger partial charge is 0.467 e. The van der Waals surface area contributed by atoms with Crippen LogP contribution in [0, 0.1) is 6.92 Å². The maximum Gasteiger partial charge on any atom is 0.328 e. The molecule has 0 unspecified atom stereocenters. The van der Waals surface area contributed by atoms with Crippen LogP contribution in [-0.2, 0) is 9.53 Å². The molecule has 0 radical (unpaired) electrons. The quantitative estimate of drug-likeness (QED) is 0.729. The SMILES string of the molecule is CCCC[C@@H](C(=O)OC)N1c2cc(C)ccc2[C@H](C)CC1(C)C. The van der Waals surface area contributed by atoms with Gasteiger partial charge < -0.3 is 9.64 Å². The van der Waals surface area contributed by atoms with E-state index in [4.69, 9.17) is 4.74 Å². The van der Waals surface area contributed by atoms with Crippen molar-refractivity contribution >= 4 is 11.7 Å². The number of benzene rings is 1. The van der Waals surface area contributed by atoms with E-state index in [0.717, 1.165) is 25.7 Å². The molecule has 1 aromatic carbocycles. The number of anilines is 1. The number of aryl methyl sites for hydroxylation is 1. The van der Waals surface area contributed by atoms with E-state index in [0.29, 0.717) is 5.92 Å². The van der Waals surface area contributed by atoms with Gasteiger partial charge in [0.25, 0.3) is 0 Å². The molecule has 1 aliphatic heterocycles. The van der Waals surface area contributed by atoms with Crippen molar-refractivity contribution in [2.75, 3.05) is 12.0 Å². The number of carbonyl (C=O) groups excluding carboxylic acids is 1. The van der Waals surface area contributed by atoms with Gasteiger partial charge in [0, 0.05) is 11.2 Å². The van der Waals surface area contributed by atoms with Crippen molar-refractivity contribution in [3.05, 3.63) is 29.3 Å². The average molecular weight is 317 g/mol. The monoisotopic (exact) mass is 317 g/mol. The second-order valence-electron chi connectivity index (χ2n) is 7.53. The van der Waals surface area contributed by atoms with Gasteiger partial charge >= 0.3 is 5.97 Å². The maximum atomic E-state index is 12.5. The van der Waals surface area contributed by atoms with Crippen LogP contribution in [0.5, 0.6) is 0 Å². The van der Waals surface area contributed by atoms with E-state index in [1.54, 1.807) is 0 Å². The third kappa shape index (κ3) is 3.54. The average Bonchev–Trinajstić information content (AvgIpc) is 2.48. The predicted molar refractivity (Wildman–Crippen MR) is 96.1 cm³/mol. The van der Waals surface area contributed by atoms with Crippen LogP contribution >= 0.6 is 0 Å². The Labute approximate surface area is 141 Å². The van der Waals surface area contributed by atoms with Gasteiger partial charge in [0.1, 0.15) is 6.04 Å². The first-order valence-electron chi connectivity index (χ1n) is 8.79. The fraction of sp³-hybridized carbons (Fsp3) is 0.650. The van der Waals surface area contributed by atoms with Crippen LogP contribution in [0.3, 0.4) is 0 Å². The Hall–Kier alpha value is -1.51. The standard InChI is InChI=1S/C20H31NO2/c1-7-8-9-17(19(22)23-6)21-18-12-14(2)10-11-16(18)15(3)13-20(21,4)5/h10-12,15,17H,7-9,13H2,1-6H3/t15-,17+/m1/s1. The normalized spacial score (nSPS) is 20.8. The highest BCUT2D eigenvalue weighted by Gasteiger charge is 2.42. The molecular weight excluding hydrogens is 286 g/mol. The topological polar surface area (TPSA) is 29.5 Å². The molecule has 0 spiro atoms. The van der Waals surface area contributed by atoms with Crippen LogP contribution < -0.4 is 4.90 Å². The lowest BCUT2D eigenvalue weighted by Gasteiger charge is -2.50. The van der Waals surface area contributed by atoms with Crippen molar-refractivity contribution in [2.24, 2.45) is 0 Å². The Morgan fingerprint density at radius 3 is 2.74 bits per heavy atom. The van der Waals surface area contributed by atoms with Gasteiger partial charge in [0.15, 0.2) is 0 Å². The van der Waals surface area contributed by atoms with E-state index in [9.17, 15) is 4.79 Å². The van der Waals surface area contributed by atoms with E-state index in [1.807, 2.05) is 0 Å². The Morgan fingerprint density at radius 2 is 2.13 bits per heavy atom. The van der Waals surface area contributed by atoms with Crippen LogP contribution in [-0.4, -0.2) is 24.7 Å². The number of nitrogens with zero attached hydrogens (tertiary/aromatic N) is 1. The van der Waals surface area contributed by atoms with Gasteiger partial charge in [-0.25, -0.2) is 4.79 Å². The summed E-state index contributed by atoms with van der Waals surface area (Å²) in [5.41, 5.74) is 3.73. The summed E-state index contributed by atoms with van der Waals surface area (Å²) >= 11 is 0. The number of hydrogen-bond acceptors (Lipinski definition) is 3. The molecule has 0 saturated heterocycles. The summed E-state index contributed by atoms with van der Waals surface area (Å²) in [5, 5.41) is 0. The molecular formula is C20H31NO2. The molecule has 0 saturated carbocycles. The van der Waals surface area contributed by atoms with Crippen LogP contribution in [0.2, 0.25) is 0 Å². The van der Waals surface area contributed by atoms with Crippen LogP contribution in [0.4, 0.5) is 5.69 Å². The van der Waals surface area contributed by atoms with Gasteiger partial charge in [-0.3, -0.25) is 0 Å². The van der Waals surface area contributed by atoms with Crippen molar-refractivity contribution < 1.29 is 9.53 Å². The number of esters is 1. The number of hydrogen-bond donors (Lipinski definition) is 0. The molecule has 1 aliphatic rings. The minimum Gasteiger partial charge on any atom is -0.467 e. The summed E-state index contributed by atoms with van der Waals surface area (Å²) in [5.74, 6) is 0.384. The molecule has 3 heteroatoms. The molecule has 0 amide bonds. The molecule has 23 heavy (non-hydrogen) atoms. The highest BCUT2D eigenvalue weighted by molar-refractivity contribution is 5.82. The van der Waals surface area contributed by atoms with Crippen molar-refractivity contribution in [1.29, 1.82) is 0 Å². The van der Waals surface area contributed by atoms with Gasteiger partial charge in [0.2, 0.25) is 0 Å². The van der Waals surface area contributed by atoms with Gasteiger partial charge in [-0.05, 0) is 56.7 Å². The summed E-state index contributed by atoms with van der Waals surface area (Å²) in [7, 11) is 1.50. The molecule has 3 nitrogen and oxygen atoms in total. The van der Waals surface area contributed by atoms with Crippen molar-refractivity contribution in [2.45, 2.75) is 77.8 Å². The lowest BCUT2D eigenvalue weighted by molar-refractivity contribution is -0.142. The summed E-state index contributed by atoms with van der Waals surface area (Å²) in [6.45, 7) is 11.1. The van der Waals surface area contributed by atoms with E-state index < -0.39 is 0 Å². The van der Waals surface area contributed by atoms with E-state index in [2.05, 4.69) is 57.7 Å². The summed E-state index contributed by atoms with van der Waals surface area (Å²) in [6.07, 6.45) is 4.00. The van der Waals surface area contributed by atoms with Crippen LogP contribution in [0.15, 0.2) is 18.2 Å². The smallest absolute Gasteiger partial charge is 0.328 e. The Morgan fingerprint density at radius 1 is 1.43 bits per heavy atom. The summed E-state index contributed by atoms with van der Waals surface area (Å²) in [4.78, 5) is 14.8. The highest BCUT2D eigenvalue weighted by Crippen LogP contribution is 2.45. The lowest BCUT2D eigenvalue weighted by Crippen LogP contribution is -2.56. The molecule has 1 aromatic rings. The van der Waals surface area contributed by atoms with E-state index in [-0.39, 0.29) is 17.6 Å². The fourth-order valence-electron chi connectivity index (χ4n) is 4.04. The Balaban J connectivity index is 2.53. The van der Waals surface area contributed by atoms with Gasteiger partial charge in [0.05, 0.1) is 7.11 Å².